The summed E-state index contributed by atoms with van der Waals surface area (Å²) in [6.45, 7) is 11.4. The van der Waals surface area contributed by atoms with E-state index in [-0.39, 0.29) is 12.1 Å². The molecule has 0 aromatic carbocycles. The predicted molar refractivity (Wildman–Crippen MR) is 113 cm³/mol. The van der Waals surface area contributed by atoms with Gasteiger partial charge in [0.05, 0.1) is 6.04 Å². The van der Waals surface area contributed by atoms with E-state index >= 15 is 0 Å². The first kappa shape index (κ1) is 21.8. The molecule has 28 heavy (non-hydrogen) atoms. The van der Waals surface area contributed by atoms with Crippen molar-refractivity contribution in [1.82, 2.24) is 20.5 Å². The third-order valence-electron chi connectivity index (χ3n) is 4.04. The van der Waals surface area contributed by atoms with Gasteiger partial charge in [0.25, 0.3) is 0 Å². The Labute approximate surface area is 168 Å². The van der Waals surface area contributed by atoms with Gasteiger partial charge in [0.15, 0.2) is 5.96 Å². The molecule has 1 aromatic heterocycles. The summed E-state index contributed by atoms with van der Waals surface area (Å²) < 4.78 is 5.38. The second-order valence-corrected chi connectivity index (χ2v) is 7.84. The molecule has 1 aliphatic rings. The lowest BCUT2D eigenvalue weighted by Gasteiger charge is -2.40. The maximum Gasteiger partial charge on any atom is 0.410 e. The number of guanidine groups is 1. The summed E-state index contributed by atoms with van der Waals surface area (Å²) in [7, 11) is 0. The standard InChI is InChI=1S/C20H34N6O2/c1-5-21-18(24-13-9-8-12-23-17-10-6-7-11-22-17)25-16-14-26(15-16)19(27)28-20(2,3)4/h6-7,10-11,16H,5,8-9,12-15H2,1-4H3,(H,22,23)(H2,21,24,25). The SMILES string of the molecule is CCNC(=NCCCCNc1ccccn1)NC1CN(C(=O)OC(C)(C)C)C1. The minimum Gasteiger partial charge on any atom is -0.444 e. The van der Waals surface area contributed by atoms with E-state index in [1.54, 1.807) is 11.1 Å². The molecule has 3 N–H and O–H groups in total. The first-order valence-corrected chi connectivity index (χ1v) is 10.0. The van der Waals surface area contributed by atoms with E-state index in [2.05, 4.69) is 25.9 Å². The van der Waals surface area contributed by atoms with Gasteiger partial charge < -0.3 is 25.6 Å². The number of hydrogen-bond acceptors (Lipinski definition) is 5. The summed E-state index contributed by atoms with van der Waals surface area (Å²) in [5.74, 6) is 1.70. The molecule has 1 amide bonds. The molecule has 0 radical (unpaired) electrons. The quantitative estimate of drug-likeness (QED) is 0.359. The van der Waals surface area contributed by atoms with Crippen molar-refractivity contribution in [3.05, 3.63) is 24.4 Å². The second kappa shape index (κ2) is 10.7. The van der Waals surface area contributed by atoms with E-state index in [1.165, 1.54) is 0 Å². The maximum absolute atomic E-state index is 12.0. The fourth-order valence-electron chi connectivity index (χ4n) is 2.67. The zero-order chi connectivity index (χ0) is 20.4. The number of carbonyl (C=O) groups is 1. The number of carbonyl (C=O) groups excluding carboxylic acids is 1. The van der Waals surface area contributed by atoms with Crippen LogP contribution in [0.25, 0.3) is 0 Å². The minimum absolute atomic E-state index is 0.205. The molecule has 0 spiro atoms. The normalized spacial score (nSPS) is 15.0. The van der Waals surface area contributed by atoms with Gasteiger partial charge in [-0.15, -0.1) is 0 Å². The van der Waals surface area contributed by atoms with Gasteiger partial charge in [-0.05, 0) is 52.7 Å². The lowest BCUT2D eigenvalue weighted by molar-refractivity contribution is 0.00701. The van der Waals surface area contributed by atoms with Gasteiger partial charge in [0, 0.05) is 38.9 Å². The molecular formula is C20H34N6O2. The highest BCUT2D eigenvalue weighted by molar-refractivity contribution is 5.80. The van der Waals surface area contributed by atoms with Gasteiger partial charge in [0.2, 0.25) is 0 Å². The van der Waals surface area contributed by atoms with E-state index < -0.39 is 5.60 Å². The van der Waals surface area contributed by atoms with Crippen LogP contribution in [0.5, 0.6) is 0 Å². The number of rotatable bonds is 8. The summed E-state index contributed by atoms with van der Waals surface area (Å²) in [4.78, 5) is 22.6. The van der Waals surface area contributed by atoms with Crippen LogP contribution < -0.4 is 16.0 Å². The molecule has 8 heteroatoms. The number of amides is 1. The molecule has 1 fully saturated rings. The van der Waals surface area contributed by atoms with Crippen molar-refractivity contribution < 1.29 is 9.53 Å². The van der Waals surface area contributed by atoms with Crippen LogP contribution in [0, 0.1) is 0 Å². The number of likely N-dealkylation sites (tertiary alicyclic amines) is 1. The molecular weight excluding hydrogens is 356 g/mol. The smallest absolute Gasteiger partial charge is 0.410 e. The van der Waals surface area contributed by atoms with Crippen LogP contribution in [-0.4, -0.2) is 66.3 Å². The molecule has 1 aromatic rings. The zero-order valence-corrected chi connectivity index (χ0v) is 17.5. The van der Waals surface area contributed by atoms with Gasteiger partial charge in [-0.3, -0.25) is 4.99 Å². The number of hydrogen-bond donors (Lipinski definition) is 3. The highest BCUT2D eigenvalue weighted by atomic mass is 16.6. The van der Waals surface area contributed by atoms with Gasteiger partial charge in [-0.25, -0.2) is 9.78 Å². The van der Waals surface area contributed by atoms with Gasteiger partial charge >= 0.3 is 6.09 Å². The van der Waals surface area contributed by atoms with Crippen LogP contribution in [0.2, 0.25) is 0 Å². The number of unbranched alkanes of at least 4 members (excludes halogenated alkanes) is 1. The monoisotopic (exact) mass is 390 g/mol. The summed E-state index contributed by atoms with van der Waals surface area (Å²) >= 11 is 0. The minimum atomic E-state index is -0.461. The summed E-state index contributed by atoms with van der Waals surface area (Å²) in [6.07, 6.45) is 3.54. The Morgan fingerprint density at radius 2 is 2.11 bits per heavy atom. The molecule has 0 atom stereocenters. The number of nitrogens with zero attached hydrogens (tertiary/aromatic N) is 3. The van der Waals surface area contributed by atoms with Crippen molar-refractivity contribution in [2.75, 3.05) is 38.0 Å². The predicted octanol–water partition coefficient (Wildman–Crippen LogP) is 2.45. The fourth-order valence-corrected chi connectivity index (χ4v) is 2.67. The molecule has 0 unspecified atom stereocenters. The number of aliphatic imine (C=N–C) groups is 1. The number of nitrogens with one attached hydrogen (secondary N) is 3. The molecule has 0 aliphatic carbocycles. The highest BCUT2D eigenvalue weighted by Crippen LogP contribution is 2.15. The van der Waals surface area contributed by atoms with E-state index in [0.717, 1.165) is 44.3 Å². The molecule has 2 rings (SSSR count). The molecule has 8 nitrogen and oxygen atoms in total. The molecule has 0 saturated carbocycles. The Morgan fingerprint density at radius 3 is 2.75 bits per heavy atom. The summed E-state index contributed by atoms with van der Waals surface area (Å²) in [5, 5.41) is 9.94. The lowest BCUT2D eigenvalue weighted by Crippen LogP contribution is -2.63. The lowest BCUT2D eigenvalue weighted by atomic mass is 10.1. The third kappa shape index (κ3) is 8.02. The molecule has 156 valence electrons. The topological polar surface area (TPSA) is 90.9 Å². The second-order valence-electron chi connectivity index (χ2n) is 7.84. The number of aromatic nitrogens is 1. The van der Waals surface area contributed by atoms with Crippen molar-refractivity contribution in [3.8, 4) is 0 Å². The molecule has 0 bridgehead atoms. The van der Waals surface area contributed by atoms with Crippen molar-refractivity contribution >= 4 is 17.9 Å². The third-order valence-corrected chi connectivity index (χ3v) is 4.04. The first-order valence-electron chi connectivity index (χ1n) is 10.0. The van der Waals surface area contributed by atoms with Crippen LogP contribution in [0.3, 0.4) is 0 Å². The van der Waals surface area contributed by atoms with E-state index in [4.69, 9.17) is 4.74 Å². The zero-order valence-electron chi connectivity index (χ0n) is 17.5. The highest BCUT2D eigenvalue weighted by Gasteiger charge is 2.34. The number of pyridine rings is 1. The average Bonchev–Trinajstić information content (AvgIpc) is 2.59. The van der Waals surface area contributed by atoms with Crippen molar-refractivity contribution in [1.29, 1.82) is 0 Å². The fraction of sp³-hybridized carbons (Fsp3) is 0.650. The maximum atomic E-state index is 12.0. The van der Waals surface area contributed by atoms with E-state index in [0.29, 0.717) is 13.1 Å². The molecule has 2 heterocycles. The van der Waals surface area contributed by atoms with Crippen molar-refractivity contribution in [2.45, 2.75) is 52.2 Å². The van der Waals surface area contributed by atoms with Crippen LogP contribution in [0.15, 0.2) is 29.4 Å². The number of anilines is 1. The first-order chi connectivity index (χ1) is 13.4. The van der Waals surface area contributed by atoms with Crippen LogP contribution in [-0.2, 0) is 4.74 Å². The van der Waals surface area contributed by atoms with E-state index in [1.807, 2.05) is 45.9 Å². The summed E-state index contributed by atoms with van der Waals surface area (Å²) in [6, 6.07) is 6.04. The average molecular weight is 391 g/mol. The Bertz CT molecular complexity index is 623. The molecule has 1 saturated heterocycles. The Morgan fingerprint density at radius 1 is 1.32 bits per heavy atom. The van der Waals surface area contributed by atoms with Gasteiger partial charge in [-0.2, -0.15) is 0 Å². The van der Waals surface area contributed by atoms with Crippen molar-refractivity contribution in [2.24, 2.45) is 4.99 Å². The van der Waals surface area contributed by atoms with Gasteiger partial charge in [0.1, 0.15) is 11.4 Å². The van der Waals surface area contributed by atoms with Gasteiger partial charge in [-0.1, -0.05) is 6.07 Å². The number of ether oxygens (including phenoxy) is 1. The Kier molecular flexibility index (Phi) is 8.35. The largest absolute Gasteiger partial charge is 0.444 e. The van der Waals surface area contributed by atoms with Crippen LogP contribution in [0.1, 0.15) is 40.5 Å². The molecule has 1 aliphatic heterocycles. The Balaban J connectivity index is 1.64. The van der Waals surface area contributed by atoms with Crippen molar-refractivity contribution in [3.63, 3.8) is 0 Å². The van der Waals surface area contributed by atoms with Crippen LogP contribution >= 0.6 is 0 Å². The van der Waals surface area contributed by atoms with E-state index in [9.17, 15) is 4.79 Å². The van der Waals surface area contributed by atoms with Crippen LogP contribution in [0.4, 0.5) is 10.6 Å². The summed E-state index contributed by atoms with van der Waals surface area (Å²) in [5.41, 5.74) is -0.461. The Hall–Kier alpha value is -2.51.